The van der Waals surface area contributed by atoms with Crippen molar-refractivity contribution in [3.8, 4) is 17.2 Å². The summed E-state index contributed by atoms with van der Waals surface area (Å²) >= 11 is 0. The Morgan fingerprint density at radius 2 is 2.12 bits per heavy atom. The minimum absolute atomic E-state index is 0. The summed E-state index contributed by atoms with van der Waals surface area (Å²) in [6.45, 7) is 2.58. The van der Waals surface area contributed by atoms with Gasteiger partial charge in [0.15, 0.2) is 11.5 Å². The average Bonchev–Trinajstić information content (AvgIpc) is 3.05. The quantitative estimate of drug-likeness (QED) is 0.588. The number of ether oxygens (including phenoxy) is 3. The molecule has 0 bridgehead atoms. The van der Waals surface area contributed by atoms with Gasteiger partial charge in [0.25, 0.3) is 0 Å². The second kappa shape index (κ2) is 8.35. The zero-order valence-corrected chi connectivity index (χ0v) is 14.7. The van der Waals surface area contributed by atoms with Crippen LogP contribution in [0.5, 0.6) is 17.2 Å². The highest BCUT2D eigenvalue weighted by Crippen LogP contribution is 2.35. The Labute approximate surface area is 154 Å². The molecule has 0 aliphatic rings. The van der Waals surface area contributed by atoms with Crippen LogP contribution in [0, 0.1) is 0 Å². The molecule has 0 unspecified atom stereocenters. The van der Waals surface area contributed by atoms with Gasteiger partial charge in [-0.1, -0.05) is 0 Å². The first-order valence-corrected chi connectivity index (χ1v) is 8.30. The van der Waals surface area contributed by atoms with Gasteiger partial charge in [0.1, 0.15) is 11.6 Å². The summed E-state index contributed by atoms with van der Waals surface area (Å²) in [5, 5.41) is 3.65. The molecule has 140 valence electrons. The van der Waals surface area contributed by atoms with Gasteiger partial charge >= 0.3 is 0 Å². The maximum atomic E-state index is 11.2. The lowest BCUT2D eigenvalue weighted by atomic mass is 10.2. The van der Waals surface area contributed by atoms with E-state index >= 15 is 0 Å². The van der Waals surface area contributed by atoms with E-state index in [0.717, 1.165) is 17.3 Å². The van der Waals surface area contributed by atoms with Crippen LogP contribution in [0.2, 0.25) is 0 Å². The lowest BCUT2D eigenvalue weighted by Gasteiger charge is -2.13. The van der Waals surface area contributed by atoms with Gasteiger partial charge in [0.05, 0.1) is 6.61 Å². The number of rotatable bonds is 8. The standard InChI is InChI=1S/C19H21N3O4.2H2/c1-13(23)22-19-11-15(5-7-21-19)26-18-10-14-4-6-20-16(14)12-17(18)25-9-3-8-24-2;;/h4-7,10-12,20H,3,8-9H2,1-2H3,(H,21,22,23);2*1H. The Balaban J connectivity index is 0.00000196. The highest BCUT2D eigenvalue weighted by Gasteiger charge is 2.11. The van der Waals surface area contributed by atoms with Gasteiger partial charge in [-0.15, -0.1) is 0 Å². The van der Waals surface area contributed by atoms with Gasteiger partial charge in [-0.2, -0.15) is 0 Å². The van der Waals surface area contributed by atoms with E-state index in [1.165, 1.54) is 6.92 Å². The molecule has 7 nitrogen and oxygen atoms in total. The number of aromatic nitrogens is 2. The van der Waals surface area contributed by atoms with E-state index in [1.807, 2.05) is 24.4 Å². The van der Waals surface area contributed by atoms with Gasteiger partial charge in [0, 0.05) is 65.3 Å². The molecule has 0 spiro atoms. The molecule has 0 radical (unpaired) electrons. The first-order chi connectivity index (χ1) is 12.7. The molecule has 26 heavy (non-hydrogen) atoms. The van der Waals surface area contributed by atoms with E-state index < -0.39 is 0 Å². The number of methoxy groups -OCH3 is 1. The molecule has 3 rings (SSSR count). The number of nitrogens with zero attached hydrogens (tertiary/aromatic N) is 1. The Bertz CT molecular complexity index is 902. The third-order valence-electron chi connectivity index (χ3n) is 3.63. The SMILES string of the molecule is COCCCOc1cc2[nH]ccc2cc1Oc1ccnc(NC(C)=O)c1.[HH].[HH]. The normalized spacial score (nSPS) is 10.7. The van der Waals surface area contributed by atoms with E-state index in [4.69, 9.17) is 14.2 Å². The number of carbonyl (C=O) groups excluding carboxylic acids is 1. The number of fused-ring (bicyclic) bond motifs is 1. The molecule has 0 fully saturated rings. The smallest absolute Gasteiger partial charge is 0.222 e. The van der Waals surface area contributed by atoms with Crippen LogP contribution in [-0.2, 0) is 9.53 Å². The van der Waals surface area contributed by atoms with Crippen molar-refractivity contribution in [2.24, 2.45) is 0 Å². The molecular weight excluding hydrogens is 334 g/mol. The predicted molar refractivity (Wildman–Crippen MR) is 103 cm³/mol. The summed E-state index contributed by atoms with van der Waals surface area (Å²) in [4.78, 5) is 18.5. The Hall–Kier alpha value is -3.06. The van der Waals surface area contributed by atoms with Gasteiger partial charge < -0.3 is 24.5 Å². The predicted octanol–water partition coefficient (Wildman–Crippen LogP) is 4.22. The van der Waals surface area contributed by atoms with Gasteiger partial charge in [0.2, 0.25) is 5.91 Å². The number of hydrogen-bond acceptors (Lipinski definition) is 5. The molecule has 0 saturated heterocycles. The highest BCUT2D eigenvalue weighted by atomic mass is 16.5. The lowest BCUT2D eigenvalue weighted by molar-refractivity contribution is -0.114. The molecule has 0 aliphatic carbocycles. The number of benzene rings is 1. The van der Waals surface area contributed by atoms with E-state index in [0.29, 0.717) is 36.3 Å². The fourth-order valence-corrected chi connectivity index (χ4v) is 2.49. The summed E-state index contributed by atoms with van der Waals surface area (Å²) in [5.41, 5.74) is 0.966. The molecule has 0 saturated carbocycles. The number of H-pyrrole nitrogens is 1. The number of amides is 1. The molecule has 2 aromatic heterocycles. The van der Waals surface area contributed by atoms with Crippen molar-refractivity contribution >= 4 is 22.6 Å². The lowest BCUT2D eigenvalue weighted by Crippen LogP contribution is -2.07. The zero-order valence-electron chi connectivity index (χ0n) is 14.7. The number of anilines is 1. The minimum Gasteiger partial charge on any atom is -0.490 e. The van der Waals surface area contributed by atoms with E-state index in [9.17, 15) is 4.79 Å². The van der Waals surface area contributed by atoms with Gasteiger partial charge in [-0.3, -0.25) is 4.79 Å². The zero-order chi connectivity index (χ0) is 18.4. The van der Waals surface area contributed by atoms with Crippen LogP contribution in [0.4, 0.5) is 5.82 Å². The Morgan fingerprint density at radius 1 is 1.23 bits per heavy atom. The molecule has 1 amide bonds. The molecular formula is C19H25N3O4. The second-order valence-electron chi connectivity index (χ2n) is 5.72. The van der Waals surface area contributed by atoms with Crippen molar-refractivity contribution < 1.29 is 21.9 Å². The Kier molecular flexibility index (Phi) is 5.70. The van der Waals surface area contributed by atoms with E-state index in [2.05, 4.69) is 15.3 Å². The maximum Gasteiger partial charge on any atom is 0.222 e. The van der Waals surface area contributed by atoms with Crippen LogP contribution in [0.15, 0.2) is 42.7 Å². The van der Waals surface area contributed by atoms with Crippen molar-refractivity contribution in [1.82, 2.24) is 9.97 Å². The number of aromatic amines is 1. The second-order valence-corrected chi connectivity index (χ2v) is 5.72. The number of nitrogens with one attached hydrogen (secondary N) is 2. The number of hydrogen-bond donors (Lipinski definition) is 2. The summed E-state index contributed by atoms with van der Waals surface area (Å²) in [6.07, 6.45) is 4.22. The molecule has 2 heterocycles. The van der Waals surface area contributed by atoms with Crippen molar-refractivity contribution in [2.45, 2.75) is 13.3 Å². The van der Waals surface area contributed by atoms with Crippen molar-refractivity contribution in [1.29, 1.82) is 0 Å². The third kappa shape index (κ3) is 4.52. The molecule has 0 aliphatic heterocycles. The van der Waals surface area contributed by atoms with E-state index in [-0.39, 0.29) is 8.76 Å². The van der Waals surface area contributed by atoms with Crippen molar-refractivity contribution in [3.63, 3.8) is 0 Å². The van der Waals surface area contributed by atoms with Crippen molar-refractivity contribution in [3.05, 3.63) is 42.7 Å². The minimum atomic E-state index is -0.189. The first kappa shape index (κ1) is 17.8. The van der Waals surface area contributed by atoms with Crippen LogP contribution < -0.4 is 14.8 Å². The molecule has 0 atom stereocenters. The third-order valence-corrected chi connectivity index (χ3v) is 3.63. The van der Waals surface area contributed by atoms with Crippen LogP contribution in [0.3, 0.4) is 0 Å². The summed E-state index contributed by atoms with van der Waals surface area (Å²) < 4.78 is 16.9. The van der Waals surface area contributed by atoms with Gasteiger partial charge in [-0.05, 0) is 18.2 Å². The largest absolute Gasteiger partial charge is 0.490 e. The Morgan fingerprint density at radius 3 is 2.92 bits per heavy atom. The fraction of sp³-hybridized carbons (Fsp3) is 0.263. The number of pyridine rings is 1. The van der Waals surface area contributed by atoms with Crippen molar-refractivity contribution in [2.75, 3.05) is 25.6 Å². The maximum absolute atomic E-state index is 11.2. The average molecular weight is 359 g/mol. The van der Waals surface area contributed by atoms with E-state index in [1.54, 1.807) is 25.4 Å². The van der Waals surface area contributed by atoms with Crippen LogP contribution in [0.1, 0.15) is 16.2 Å². The van der Waals surface area contributed by atoms with Gasteiger partial charge in [-0.25, -0.2) is 4.98 Å². The first-order valence-electron chi connectivity index (χ1n) is 8.30. The van der Waals surface area contributed by atoms with Crippen LogP contribution >= 0.6 is 0 Å². The van der Waals surface area contributed by atoms with Crippen LogP contribution in [0.25, 0.3) is 10.9 Å². The fourth-order valence-electron chi connectivity index (χ4n) is 2.49. The number of carbonyl (C=O) groups is 1. The molecule has 2 N–H and O–H groups in total. The summed E-state index contributed by atoms with van der Waals surface area (Å²) in [6, 6.07) is 9.17. The monoisotopic (exact) mass is 359 g/mol. The topological polar surface area (TPSA) is 85.5 Å². The summed E-state index contributed by atoms with van der Waals surface area (Å²) in [5.74, 6) is 2.02. The highest BCUT2D eigenvalue weighted by molar-refractivity contribution is 5.87. The molecule has 7 heteroatoms. The van der Waals surface area contributed by atoms with Crippen LogP contribution in [-0.4, -0.2) is 36.2 Å². The summed E-state index contributed by atoms with van der Waals surface area (Å²) in [7, 11) is 1.66. The molecule has 1 aromatic carbocycles. The molecule has 3 aromatic rings.